The molecule has 4 aromatic heterocycles. The number of hydrogen-bond donors (Lipinski definition) is 0. The van der Waals surface area contributed by atoms with E-state index in [4.69, 9.17) is 18.8 Å². The van der Waals surface area contributed by atoms with E-state index in [1.807, 2.05) is 12.3 Å². The summed E-state index contributed by atoms with van der Waals surface area (Å²) in [6.07, 6.45) is 4.59. The van der Waals surface area contributed by atoms with E-state index in [1.54, 1.807) is 6.26 Å². The summed E-state index contributed by atoms with van der Waals surface area (Å²) in [5.41, 5.74) is 8.93. The number of pyridine rings is 2. The summed E-state index contributed by atoms with van der Waals surface area (Å²) in [6.45, 7) is 13.2. The first kappa shape index (κ1) is 23.5. The van der Waals surface area contributed by atoms with E-state index in [2.05, 4.69) is 90.1 Å². The molecule has 0 amide bonds. The molecule has 0 aliphatic carbocycles. The van der Waals surface area contributed by atoms with Crippen LogP contribution in [0.1, 0.15) is 51.5 Å². The minimum atomic E-state index is -0.0607. The maximum Gasteiger partial charge on any atom is 0.227 e. The number of aryl methyl sites for hydroxylation is 1. The molecule has 0 N–H and O–H groups in total. The number of aromatic nitrogens is 2. The molecule has 4 heteroatoms. The zero-order valence-corrected chi connectivity index (χ0v) is 22.3. The lowest BCUT2D eigenvalue weighted by Gasteiger charge is -2.22. The molecule has 0 spiro atoms. The van der Waals surface area contributed by atoms with Crippen LogP contribution in [-0.2, 0) is 11.8 Å². The Bertz CT molecular complexity index is 1780. The predicted octanol–water partition coefficient (Wildman–Crippen LogP) is 9.26. The molecular formula is C33H32N2O2. The quantitative estimate of drug-likeness (QED) is 0.248. The van der Waals surface area contributed by atoms with Gasteiger partial charge in [0.15, 0.2) is 0 Å². The Morgan fingerprint density at radius 3 is 2.54 bits per heavy atom. The van der Waals surface area contributed by atoms with Crippen molar-refractivity contribution in [3.63, 3.8) is 0 Å². The van der Waals surface area contributed by atoms with Gasteiger partial charge in [-0.2, -0.15) is 0 Å². The molecule has 2 aromatic carbocycles. The Balaban J connectivity index is 1.56. The zero-order chi connectivity index (χ0) is 25.9. The van der Waals surface area contributed by atoms with E-state index in [1.165, 1.54) is 5.56 Å². The van der Waals surface area contributed by atoms with Crippen LogP contribution < -0.4 is 0 Å². The summed E-state index contributed by atoms with van der Waals surface area (Å²) >= 11 is 0. The number of benzene rings is 2. The molecule has 6 rings (SSSR count). The molecule has 6 aromatic rings. The van der Waals surface area contributed by atoms with Crippen LogP contribution in [0.2, 0.25) is 0 Å². The molecule has 0 aliphatic heterocycles. The third-order valence-electron chi connectivity index (χ3n) is 7.03. The van der Waals surface area contributed by atoms with Gasteiger partial charge in [0.1, 0.15) is 11.3 Å². The van der Waals surface area contributed by atoms with Crippen LogP contribution in [0.4, 0.5) is 0 Å². The van der Waals surface area contributed by atoms with Gasteiger partial charge in [0.05, 0.1) is 22.9 Å². The van der Waals surface area contributed by atoms with Gasteiger partial charge in [-0.25, -0.2) is 4.98 Å². The van der Waals surface area contributed by atoms with Gasteiger partial charge in [0, 0.05) is 29.0 Å². The number of rotatable bonds is 4. The lowest BCUT2D eigenvalue weighted by molar-refractivity contribution is 0.500. The van der Waals surface area contributed by atoms with Crippen LogP contribution in [0.25, 0.3) is 55.4 Å². The van der Waals surface area contributed by atoms with Crippen molar-refractivity contribution in [2.24, 2.45) is 5.92 Å². The van der Waals surface area contributed by atoms with Gasteiger partial charge in [-0.15, -0.1) is 0 Å². The molecule has 0 radical (unpaired) electrons. The van der Waals surface area contributed by atoms with Crippen molar-refractivity contribution in [1.82, 2.24) is 9.97 Å². The Morgan fingerprint density at radius 1 is 0.919 bits per heavy atom. The molecule has 0 atom stereocenters. The SMILES string of the molecule is Cc1coc2nc(-c3cc(C(C)(C)C)c4ncccc4c3)cc(-c3ccc4cc(CC(C)C)oc4c3)c12. The Hall–Kier alpha value is -3.92. The Labute approximate surface area is 217 Å². The summed E-state index contributed by atoms with van der Waals surface area (Å²) in [5, 5.41) is 3.28. The summed E-state index contributed by atoms with van der Waals surface area (Å²) < 4.78 is 12.2. The van der Waals surface area contributed by atoms with Crippen LogP contribution >= 0.6 is 0 Å². The number of furan rings is 2. The van der Waals surface area contributed by atoms with Crippen molar-refractivity contribution < 1.29 is 8.83 Å². The molecular weight excluding hydrogens is 456 g/mol. The topological polar surface area (TPSA) is 52.1 Å². The minimum absolute atomic E-state index is 0.0607. The van der Waals surface area contributed by atoms with Crippen LogP contribution in [-0.4, -0.2) is 9.97 Å². The largest absolute Gasteiger partial charge is 0.461 e. The first-order chi connectivity index (χ1) is 17.7. The molecule has 0 saturated carbocycles. The molecule has 4 heterocycles. The second-order valence-electron chi connectivity index (χ2n) is 11.6. The Morgan fingerprint density at radius 2 is 1.76 bits per heavy atom. The van der Waals surface area contributed by atoms with E-state index < -0.39 is 0 Å². The predicted molar refractivity (Wildman–Crippen MR) is 152 cm³/mol. The van der Waals surface area contributed by atoms with Crippen LogP contribution in [0.15, 0.2) is 75.9 Å². The minimum Gasteiger partial charge on any atom is -0.461 e. The van der Waals surface area contributed by atoms with Crippen molar-refractivity contribution in [2.45, 2.75) is 53.4 Å². The third-order valence-corrected chi connectivity index (χ3v) is 7.03. The van der Waals surface area contributed by atoms with Crippen molar-refractivity contribution in [2.75, 3.05) is 0 Å². The van der Waals surface area contributed by atoms with Crippen molar-refractivity contribution in [1.29, 1.82) is 0 Å². The van der Waals surface area contributed by atoms with Crippen LogP contribution in [0.5, 0.6) is 0 Å². The highest BCUT2D eigenvalue weighted by atomic mass is 16.3. The maximum atomic E-state index is 6.24. The standard InChI is InChI=1S/C33H32N2O2/c1-19(2)12-25-14-22-10-9-21(16-29(22)37-25)26-17-28(35-32-30(26)20(3)18-36-32)24-13-23-8-7-11-34-31(23)27(15-24)33(4,5)6/h7-11,13-19H,12H2,1-6H3. The first-order valence-corrected chi connectivity index (χ1v) is 13.0. The molecule has 4 nitrogen and oxygen atoms in total. The highest BCUT2D eigenvalue weighted by molar-refractivity contribution is 5.99. The van der Waals surface area contributed by atoms with Gasteiger partial charge >= 0.3 is 0 Å². The van der Waals surface area contributed by atoms with Gasteiger partial charge in [-0.1, -0.05) is 52.8 Å². The Kier molecular flexibility index (Phi) is 5.45. The molecule has 186 valence electrons. The van der Waals surface area contributed by atoms with Crippen LogP contribution in [0, 0.1) is 12.8 Å². The van der Waals surface area contributed by atoms with Crippen LogP contribution in [0.3, 0.4) is 0 Å². The van der Waals surface area contributed by atoms with E-state index in [0.717, 1.165) is 67.4 Å². The zero-order valence-electron chi connectivity index (χ0n) is 22.3. The van der Waals surface area contributed by atoms with Gasteiger partial charge in [0.25, 0.3) is 0 Å². The fourth-order valence-electron chi connectivity index (χ4n) is 5.24. The molecule has 0 bridgehead atoms. The lowest BCUT2D eigenvalue weighted by atomic mass is 9.83. The highest BCUT2D eigenvalue weighted by Crippen LogP contribution is 2.39. The maximum absolute atomic E-state index is 6.24. The summed E-state index contributed by atoms with van der Waals surface area (Å²) in [4.78, 5) is 9.67. The summed E-state index contributed by atoms with van der Waals surface area (Å²) in [5.74, 6) is 1.58. The van der Waals surface area contributed by atoms with E-state index in [-0.39, 0.29) is 5.41 Å². The molecule has 0 fully saturated rings. The monoisotopic (exact) mass is 488 g/mol. The lowest BCUT2D eigenvalue weighted by Crippen LogP contribution is -2.12. The van der Waals surface area contributed by atoms with Gasteiger partial charge in [0.2, 0.25) is 5.71 Å². The summed E-state index contributed by atoms with van der Waals surface area (Å²) in [6, 6.07) is 19.3. The van der Waals surface area contributed by atoms with E-state index in [9.17, 15) is 0 Å². The van der Waals surface area contributed by atoms with Crippen molar-refractivity contribution in [3.05, 3.63) is 83.9 Å². The third kappa shape index (κ3) is 4.21. The van der Waals surface area contributed by atoms with Gasteiger partial charge < -0.3 is 8.83 Å². The fraction of sp³-hybridized carbons (Fsp3) is 0.273. The van der Waals surface area contributed by atoms with Crippen molar-refractivity contribution >= 4 is 33.0 Å². The number of hydrogen-bond acceptors (Lipinski definition) is 4. The van der Waals surface area contributed by atoms with E-state index in [0.29, 0.717) is 11.6 Å². The normalized spacial score (nSPS) is 12.4. The van der Waals surface area contributed by atoms with E-state index >= 15 is 0 Å². The average Bonchev–Trinajstić information content (AvgIpc) is 3.43. The van der Waals surface area contributed by atoms with Crippen molar-refractivity contribution in [3.8, 4) is 22.4 Å². The first-order valence-electron chi connectivity index (χ1n) is 13.0. The highest BCUT2D eigenvalue weighted by Gasteiger charge is 2.21. The fourth-order valence-corrected chi connectivity index (χ4v) is 5.24. The second kappa shape index (κ2) is 8.58. The molecule has 0 aliphatic rings. The molecule has 37 heavy (non-hydrogen) atoms. The number of fused-ring (bicyclic) bond motifs is 3. The average molecular weight is 489 g/mol. The summed E-state index contributed by atoms with van der Waals surface area (Å²) in [7, 11) is 0. The molecule has 0 saturated heterocycles. The molecule has 0 unspecified atom stereocenters. The van der Waals surface area contributed by atoms with Gasteiger partial charge in [-0.3, -0.25) is 4.98 Å². The van der Waals surface area contributed by atoms with Gasteiger partial charge in [-0.05, 0) is 76.9 Å². The smallest absolute Gasteiger partial charge is 0.227 e. The number of nitrogens with zero attached hydrogens (tertiary/aromatic N) is 2. The second-order valence-corrected chi connectivity index (χ2v) is 11.6.